The monoisotopic (exact) mass is 745 g/mol. The zero-order chi connectivity index (χ0) is 37.8. The molecule has 3 aromatic rings. The summed E-state index contributed by atoms with van der Waals surface area (Å²) in [6.07, 6.45) is 0.107. The molecule has 2 amide bonds. The van der Waals surface area contributed by atoms with E-state index in [-0.39, 0.29) is 88.3 Å². The summed E-state index contributed by atoms with van der Waals surface area (Å²) < 4.78 is 31.8. The molecular formula is C33H38N4O14P+. The summed E-state index contributed by atoms with van der Waals surface area (Å²) in [5.41, 5.74) is 4.58. The van der Waals surface area contributed by atoms with Gasteiger partial charge in [0.05, 0.1) is 31.1 Å². The van der Waals surface area contributed by atoms with Gasteiger partial charge >= 0.3 is 13.8 Å². The molecule has 1 heterocycles. The van der Waals surface area contributed by atoms with Crippen LogP contribution in [0.5, 0.6) is 17.2 Å². The highest BCUT2D eigenvalue weighted by Crippen LogP contribution is 2.42. The van der Waals surface area contributed by atoms with Gasteiger partial charge in [-0.3, -0.25) is 29.0 Å². The van der Waals surface area contributed by atoms with Gasteiger partial charge in [-0.25, -0.2) is 9.36 Å². The molecule has 3 aromatic carbocycles. The fourth-order valence-electron chi connectivity index (χ4n) is 5.16. The minimum absolute atomic E-state index is 0.0143. The van der Waals surface area contributed by atoms with Gasteiger partial charge in [-0.2, -0.15) is 0 Å². The van der Waals surface area contributed by atoms with Crippen molar-refractivity contribution in [2.75, 3.05) is 44.4 Å². The highest BCUT2D eigenvalue weighted by Gasteiger charge is 2.35. The van der Waals surface area contributed by atoms with Crippen LogP contribution in [0.3, 0.4) is 0 Å². The molecule has 1 atom stereocenters. The molecule has 0 unspecified atom stereocenters. The number of phosphoric acid groups is 1. The number of phosphoric ester groups is 1. The molecule has 1 aliphatic rings. The molecule has 0 aromatic heterocycles. The lowest BCUT2D eigenvalue weighted by atomic mass is 10.0. The molecule has 19 heteroatoms. The normalized spacial score (nSPS) is 12.8. The first-order valence-electron chi connectivity index (χ1n) is 16.0. The van der Waals surface area contributed by atoms with Crippen LogP contribution in [-0.4, -0.2) is 88.9 Å². The first-order valence-corrected chi connectivity index (χ1v) is 17.5. The number of anilines is 1. The zero-order valence-corrected chi connectivity index (χ0v) is 28.7. The van der Waals surface area contributed by atoms with Gasteiger partial charge in [0, 0.05) is 42.1 Å². The fraction of sp³-hybridized carbons (Fsp3) is 0.333. The van der Waals surface area contributed by atoms with Gasteiger partial charge in [0.1, 0.15) is 36.1 Å². The Bertz CT molecular complexity index is 1810. The molecule has 52 heavy (non-hydrogen) atoms. The summed E-state index contributed by atoms with van der Waals surface area (Å²) in [4.78, 5) is 78.9. The number of hydrogen-bond donors (Lipinski definition) is 5. The lowest BCUT2D eigenvalue weighted by Gasteiger charge is -2.18. The number of hydrogen-bond acceptors (Lipinski definition) is 11. The van der Waals surface area contributed by atoms with E-state index >= 15 is 0 Å². The maximum Gasteiger partial charge on any atom is 0.469 e. The number of rotatable bonds is 20. The van der Waals surface area contributed by atoms with Crippen molar-refractivity contribution in [3.8, 4) is 17.2 Å². The number of carboxylic acid groups (broad SMARTS) is 1. The largest absolute Gasteiger partial charge is 0.493 e. The third-order valence-electron chi connectivity index (χ3n) is 7.75. The average Bonchev–Trinajstić information content (AvgIpc) is 3.56. The molecule has 0 saturated carbocycles. The SMILES string of the molecule is [NH3+][C@@H](CCC(=O)N1CCc2c(OCCC(=O)NCCOc3ccc(C(=O)c4ccc(OCCOP(=O)(O)O)cc4)cc3)ccc([N+](=O)[O-])c21)C(=O)O. The van der Waals surface area contributed by atoms with Crippen LogP contribution >= 0.6 is 7.82 Å². The van der Waals surface area contributed by atoms with E-state index in [1.165, 1.54) is 17.0 Å². The summed E-state index contributed by atoms with van der Waals surface area (Å²) >= 11 is 0. The molecular weight excluding hydrogens is 707 g/mol. The standard InChI is InChI=1S/C33H37N4O14P/c34-26(33(41)42)9-12-30(39)36-16-13-25-28(11-10-27(31(25)36)37(43)44)50-17-14-29(38)35-15-18-48-23-5-1-21(2-6-23)32(40)22-3-7-24(8-4-22)49-19-20-51-52(45,46)47/h1-8,10-11,26H,9,12-20,34H2,(H,35,38)(H,41,42)(H2,45,46,47)/p+1/t26-/m0/s1. The van der Waals surface area contributed by atoms with Crippen molar-refractivity contribution in [3.63, 3.8) is 0 Å². The van der Waals surface area contributed by atoms with Crippen LogP contribution in [0.25, 0.3) is 0 Å². The number of aliphatic carboxylic acids is 1. The summed E-state index contributed by atoms with van der Waals surface area (Å²) in [5, 5.41) is 23.5. The van der Waals surface area contributed by atoms with E-state index in [2.05, 4.69) is 15.6 Å². The Hall–Kier alpha value is -5.39. The zero-order valence-electron chi connectivity index (χ0n) is 27.8. The number of amides is 2. The summed E-state index contributed by atoms with van der Waals surface area (Å²) in [7, 11) is -4.57. The Morgan fingerprint density at radius 1 is 0.885 bits per heavy atom. The van der Waals surface area contributed by atoms with Crippen molar-refractivity contribution in [1.82, 2.24) is 5.32 Å². The number of quaternary nitrogens is 1. The van der Waals surface area contributed by atoms with Gasteiger partial charge in [-0.05, 0) is 61.0 Å². The molecule has 278 valence electrons. The first kappa shape index (κ1) is 39.4. The van der Waals surface area contributed by atoms with E-state index in [1.807, 2.05) is 0 Å². The third kappa shape index (κ3) is 11.3. The van der Waals surface area contributed by atoms with Gasteiger partial charge in [0.15, 0.2) is 11.8 Å². The van der Waals surface area contributed by atoms with E-state index in [1.54, 1.807) is 48.5 Å². The van der Waals surface area contributed by atoms with E-state index in [4.69, 9.17) is 29.1 Å². The van der Waals surface area contributed by atoms with E-state index in [9.17, 15) is 33.9 Å². The number of nitro groups is 1. The molecule has 0 aliphatic carbocycles. The van der Waals surface area contributed by atoms with E-state index in [0.29, 0.717) is 33.9 Å². The first-order chi connectivity index (χ1) is 24.7. The molecule has 0 radical (unpaired) electrons. The average molecular weight is 746 g/mol. The van der Waals surface area contributed by atoms with Crippen molar-refractivity contribution in [2.24, 2.45) is 0 Å². The number of carbonyl (C=O) groups is 4. The molecule has 0 spiro atoms. The van der Waals surface area contributed by atoms with E-state index in [0.717, 1.165) is 0 Å². The molecule has 7 N–H and O–H groups in total. The minimum atomic E-state index is -4.57. The quantitative estimate of drug-likeness (QED) is 0.0362. The molecule has 0 saturated heterocycles. The highest BCUT2D eigenvalue weighted by molar-refractivity contribution is 7.46. The van der Waals surface area contributed by atoms with Crippen LogP contribution in [0.1, 0.15) is 40.7 Å². The number of nitrogens with zero attached hydrogens (tertiary/aromatic N) is 2. The Kier molecular flexibility index (Phi) is 13.8. The number of fused-ring (bicyclic) bond motifs is 1. The predicted octanol–water partition coefficient (Wildman–Crippen LogP) is 1.64. The number of carbonyl (C=O) groups excluding carboxylic acids is 3. The maximum atomic E-state index is 12.8. The molecule has 0 fully saturated rings. The Morgan fingerprint density at radius 2 is 1.50 bits per heavy atom. The Labute approximate surface area is 296 Å². The van der Waals surface area contributed by atoms with Gasteiger partial charge in [0.25, 0.3) is 5.69 Å². The molecule has 0 bridgehead atoms. The van der Waals surface area contributed by atoms with Crippen LogP contribution < -0.4 is 30.2 Å². The van der Waals surface area contributed by atoms with Crippen LogP contribution in [0.4, 0.5) is 11.4 Å². The summed E-state index contributed by atoms with van der Waals surface area (Å²) in [5.74, 6) is -0.992. The van der Waals surface area contributed by atoms with Crippen LogP contribution in [-0.2, 0) is 29.9 Å². The smallest absolute Gasteiger partial charge is 0.469 e. The minimum Gasteiger partial charge on any atom is -0.493 e. The van der Waals surface area contributed by atoms with Crippen molar-refractivity contribution in [2.45, 2.75) is 31.7 Å². The topological polar surface area (TPSA) is 269 Å². The number of ether oxygens (including phenoxy) is 3. The van der Waals surface area contributed by atoms with Crippen molar-refractivity contribution in [1.29, 1.82) is 0 Å². The van der Waals surface area contributed by atoms with Crippen LogP contribution in [0.15, 0.2) is 60.7 Å². The predicted molar refractivity (Wildman–Crippen MR) is 181 cm³/mol. The van der Waals surface area contributed by atoms with Crippen molar-refractivity contribution >= 4 is 42.8 Å². The van der Waals surface area contributed by atoms with Crippen molar-refractivity contribution < 1.29 is 68.0 Å². The lowest BCUT2D eigenvalue weighted by Crippen LogP contribution is -2.65. The molecule has 1 aliphatic heterocycles. The Balaban J connectivity index is 1.19. The molecule has 4 rings (SSSR count). The second kappa shape index (κ2) is 18.2. The van der Waals surface area contributed by atoms with Gasteiger partial charge in [0.2, 0.25) is 11.8 Å². The maximum absolute atomic E-state index is 12.8. The van der Waals surface area contributed by atoms with Crippen LogP contribution in [0.2, 0.25) is 0 Å². The number of carboxylic acids is 1. The number of nitrogens with one attached hydrogen (secondary N) is 1. The number of nitro benzene ring substituents is 1. The number of benzene rings is 3. The Morgan fingerprint density at radius 3 is 2.08 bits per heavy atom. The van der Waals surface area contributed by atoms with Crippen molar-refractivity contribution in [3.05, 3.63) is 87.5 Å². The highest BCUT2D eigenvalue weighted by atomic mass is 31.2. The van der Waals surface area contributed by atoms with Gasteiger partial charge in [-0.1, -0.05) is 0 Å². The van der Waals surface area contributed by atoms with Gasteiger partial charge in [-0.15, -0.1) is 0 Å². The fourth-order valence-corrected chi connectivity index (χ4v) is 5.47. The van der Waals surface area contributed by atoms with Gasteiger partial charge < -0.3 is 45.1 Å². The van der Waals surface area contributed by atoms with E-state index < -0.39 is 30.7 Å². The summed E-state index contributed by atoms with van der Waals surface area (Å²) in [6.45, 7) is 0.0555. The third-order valence-corrected chi connectivity index (χ3v) is 8.27. The second-order valence-electron chi connectivity index (χ2n) is 11.4. The molecule has 18 nitrogen and oxygen atoms in total. The van der Waals surface area contributed by atoms with Crippen LogP contribution in [0, 0.1) is 10.1 Å². The number of ketones is 1. The lowest BCUT2D eigenvalue weighted by molar-refractivity contribution is -0.408. The second-order valence-corrected chi connectivity index (χ2v) is 12.6. The summed E-state index contributed by atoms with van der Waals surface area (Å²) in [6, 6.07) is 14.3.